The van der Waals surface area contributed by atoms with Gasteiger partial charge in [0.15, 0.2) is 6.29 Å². The maximum atomic E-state index is 11.4. The maximum Gasteiger partial charge on any atom is 0.408 e. The first-order chi connectivity index (χ1) is 7.30. The molecule has 0 rings (SSSR count). The quantitative estimate of drug-likeness (QED) is 0.708. The lowest BCUT2D eigenvalue weighted by atomic mass is 10.2. The van der Waals surface area contributed by atoms with Crippen molar-refractivity contribution >= 4 is 6.09 Å². The van der Waals surface area contributed by atoms with Crippen LogP contribution in [0.5, 0.6) is 0 Å². The molecule has 0 bridgehead atoms. The first-order valence-electron chi connectivity index (χ1n) is 5.59. The van der Waals surface area contributed by atoms with Crippen LogP contribution in [0.25, 0.3) is 0 Å². The van der Waals surface area contributed by atoms with Gasteiger partial charge in [-0.2, -0.15) is 0 Å². The minimum absolute atomic E-state index is 0.396. The zero-order chi connectivity index (χ0) is 12.8. The average Bonchev–Trinajstić information content (AvgIpc) is 2.11. The Morgan fingerprint density at radius 1 is 1.38 bits per heavy atom. The van der Waals surface area contributed by atoms with E-state index in [0.717, 1.165) is 0 Å². The molecule has 0 aliphatic carbocycles. The molecule has 0 aromatic carbocycles. The number of rotatable bonds is 5. The van der Waals surface area contributed by atoms with Crippen LogP contribution in [0.1, 0.15) is 41.0 Å². The Bertz CT molecular complexity index is 213. The lowest BCUT2D eigenvalue weighted by Gasteiger charge is -2.25. The van der Waals surface area contributed by atoms with Crippen molar-refractivity contribution in [3.05, 3.63) is 0 Å². The third-order valence-corrected chi connectivity index (χ3v) is 1.82. The molecule has 2 N–H and O–H groups in total. The van der Waals surface area contributed by atoms with Crippen molar-refractivity contribution in [1.82, 2.24) is 5.32 Å². The molecule has 5 heteroatoms. The van der Waals surface area contributed by atoms with Crippen molar-refractivity contribution in [2.45, 2.75) is 59.0 Å². The fourth-order valence-electron chi connectivity index (χ4n) is 1.12. The Kier molecular flexibility index (Phi) is 6.36. The van der Waals surface area contributed by atoms with Crippen LogP contribution in [0.3, 0.4) is 0 Å². The Morgan fingerprint density at radius 2 is 1.94 bits per heavy atom. The molecule has 1 unspecified atom stereocenters. The second-order valence-electron chi connectivity index (χ2n) is 4.51. The number of nitrogens with one attached hydrogen (secondary N) is 1. The van der Waals surface area contributed by atoms with E-state index in [9.17, 15) is 9.90 Å². The number of amides is 1. The smallest absolute Gasteiger partial charge is 0.408 e. The molecule has 0 aliphatic heterocycles. The minimum Gasteiger partial charge on any atom is -0.444 e. The van der Waals surface area contributed by atoms with Crippen molar-refractivity contribution in [3.63, 3.8) is 0 Å². The van der Waals surface area contributed by atoms with Gasteiger partial charge in [-0.05, 0) is 34.1 Å². The number of aliphatic hydroxyl groups excluding tert-OH is 1. The number of hydrogen-bond acceptors (Lipinski definition) is 4. The van der Waals surface area contributed by atoms with Crippen LogP contribution in [-0.2, 0) is 9.47 Å². The number of alkyl carbamates (subject to hydrolysis) is 1. The van der Waals surface area contributed by atoms with E-state index >= 15 is 0 Å². The van der Waals surface area contributed by atoms with Gasteiger partial charge in [0, 0.05) is 6.61 Å². The summed E-state index contributed by atoms with van der Waals surface area (Å²) in [5.74, 6) is 0. The van der Waals surface area contributed by atoms with Gasteiger partial charge in [0.05, 0.1) is 6.04 Å². The highest BCUT2D eigenvalue weighted by Crippen LogP contribution is 2.08. The Morgan fingerprint density at radius 3 is 2.31 bits per heavy atom. The molecule has 0 saturated carbocycles. The van der Waals surface area contributed by atoms with Crippen molar-refractivity contribution in [2.75, 3.05) is 6.61 Å². The fourth-order valence-corrected chi connectivity index (χ4v) is 1.12. The van der Waals surface area contributed by atoms with Crippen LogP contribution in [0.2, 0.25) is 0 Å². The first-order valence-corrected chi connectivity index (χ1v) is 5.59. The van der Waals surface area contributed by atoms with E-state index in [1.54, 1.807) is 27.7 Å². The molecule has 0 aliphatic rings. The summed E-state index contributed by atoms with van der Waals surface area (Å²) in [6, 6.07) is -0.449. The zero-order valence-corrected chi connectivity index (χ0v) is 10.7. The van der Waals surface area contributed by atoms with E-state index in [4.69, 9.17) is 9.47 Å². The van der Waals surface area contributed by atoms with Crippen molar-refractivity contribution in [2.24, 2.45) is 0 Å². The Labute approximate surface area is 97.1 Å². The van der Waals surface area contributed by atoms with Crippen molar-refractivity contribution in [3.8, 4) is 0 Å². The van der Waals surface area contributed by atoms with Gasteiger partial charge in [0.25, 0.3) is 0 Å². The molecule has 0 heterocycles. The van der Waals surface area contributed by atoms with Gasteiger partial charge in [0.1, 0.15) is 5.60 Å². The predicted molar refractivity (Wildman–Crippen MR) is 61.1 cm³/mol. The molecule has 0 aromatic heterocycles. The lowest BCUT2D eigenvalue weighted by Crippen LogP contribution is -2.46. The monoisotopic (exact) mass is 233 g/mol. The third-order valence-electron chi connectivity index (χ3n) is 1.82. The normalized spacial score (nSPS) is 15.4. The van der Waals surface area contributed by atoms with E-state index < -0.39 is 24.0 Å². The average molecular weight is 233 g/mol. The maximum absolute atomic E-state index is 11.4. The summed E-state index contributed by atoms with van der Waals surface area (Å²) in [6.45, 7) is 9.38. The van der Waals surface area contributed by atoms with Gasteiger partial charge in [-0.15, -0.1) is 0 Å². The van der Waals surface area contributed by atoms with Gasteiger partial charge < -0.3 is 19.9 Å². The fraction of sp³-hybridized carbons (Fsp3) is 0.909. The standard InChI is InChI=1S/C11H23NO4/c1-6-8(9(13)15-7-2)12-10(14)16-11(3,4)5/h8-9,13H,6-7H2,1-5H3,(H,12,14)/t8-,9?/m0/s1. The highest BCUT2D eigenvalue weighted by Gasteiger charge is 2.23. The van der Waals surface area contributed by atoms with E-state index in [-0.39, 0.29) is 0 Å². The third kappa shape index (κ3) is 6.63. The second kappa shape index (κ2) is 6.70. The first kappa shape index (κ1) is 15.2. The lowest BCUT2D eigenvalue weighted by molar-refractivity contribution is -0.116. The summed E-state index contributed by atoms with van der Waals surface area (Å²) in [7, 11) is 0. The second-order valence-corrected chi connectivity index (χ2v) is 4.51. The molecule has 0 saturated heterocycles. The van der Waals surface area contributed by atoms with Gasteiger partial charge in [-0.3, -0.25) is 0 Å². The highest BCUT2D eigenvalue weighted by molar-refractivity contribution is 5.68. The molecular formula is C11H23NO4. The number of hydrogen-bond donors (Lipinski definition) is 2. The van der Waals surface area contributed by atoms with Crippen molar-refractivity contribution in [1.29, 1.82) is 0 Å². The molecule has 96 valence electrons. The van der Waals surface area contributed by atoms with Crippen LogP contribution in [0, 0.1) is 0 Å². The molecule has 0 radical (unpaired) electrons. The van der Waals surface area contributed by atoms with Crippen LogP contribution < -0.4 is 5.32 Å². The zero-order valence-electron chi connectivity index (χ0n) is 10.7. The minimum atomic E-state index is -0.998. The SMILES string of the molecule is CCOC(O)[C@H](CC)NC(=O)OC(C)(C)C. The number of ether oxygens (including phenoxy) is 2. The predicted octanol–water partition coefficient (Wildman–Crippen LogP) is 1.64. The molecule has 0 aromatic rings. The summed E-state index contributed by atoms with van der Waals surface area (Å²) in [5.41, 5.74) is -0.543. The molecule has 2 atom stereocenters. The van der Waals surface area contributed by atoms with Gasteiger partial charge >= 0.3 is 6.09 Å². The molecule has 5 nitrogen and oxygen atoms in total. The molecule has 0 spiro atoms. The van der Waals surface area contributed by atoms with Crippen LogP contribution in [0.15, 0.2) is 0 Å². The Hall–Kier alpha value is -0.810. The number of aliphatic hydroxyl groups is 1. The molecule has 0 fully saturated rings. The van der Waals surface area contributed by atoms with Gasteiger partial charge in [-0.25, -0.2) is 4.79 Å². The van der Waals surface area contributed by atoms with E-state index in [2.05, 4.69) is 5.32 Å². The Balaban J connectivity index is 4.16. The number of carbonyl (C=O) groups is 1. The van der Waals surface area contributed by atoms with Crippen LogP contribution >= 0.6 is 0 Å². The summed E-state index contributed by atoms with van der Waals surface area (Å²) in [6.07, 6.45) is -0.971. The topological polar surface area (TPSA) is 67.8 Å². The molecule has 1 amide bonds. The summed E-state index contributed by atoms with van der Waals surface area (Å²) in [5, 5.41) is 12.1. The van der Waals surface area contributed by atoms with Crippen LogP contribution in [-0.4, -0.2) is 35.7 Å². The molecular weight excluding hydrogens is 210 g/mol. The largest absolute Gasteiger partial charge is 0.444 e. The van der Waals surface area contributed by atoms with E-state index in [1.165, 1.54) is 0 Å². The summed E-state index contributed by atoms with van der Waals surface area (Å²) >= 11 is 0. The van der Waals surface area contributed by atoms with E-state index in [0.29, 0.717) is 13.0 Å². The number of carbonyl (C=O) groups excluding carboxylic acids is 1. The van der Waals surface area contributed by atoms with Crippen molar-refractivity contribution < 1.29 is 19.4 Å². The summed E-state index contributed by atoms with van der Waals surface area (Å²) in [4.78, 5) is 11.4. The molecule has 16 heavy (non-hydrogen) atoms. The summed E-state index contributed by atoms with van der Waals surface area (Å²) < 4.78 is 10.1. The van der Waals surface area contributed by atoms with Gasteiger partial charge in [-0.1, -0.05) is 6.92 Å². The highest BCUT2D eigenvalue weighted by atomic mass is 16.6. The van der Waals surface area contributed by atoms with Crippen LogP contribution in [0.4, 0.5) is 4.79 Å². The van der Waals surface area contributed by atoms with E-state index in [1.807, 2.05) is 6.92 Å². The van der Waals surface area contributed by atoms with Gasteiger partial charge in [0.2, 0.25) is 0 Å².